The normalized spacial score (nSPS) is 19.1. The van der Waals surface area contributed by atoms with Gasteiger partial charge < -0.3 is 10.8 Å². The van der Waals surface area contributed by atoms with E-state index in [9.17, 15) is 5.11 Å². The zero-order chi connectivity index (χ0) is 14.8. The minimum absolute atomic E-state index is 0.115. The van der Waals surface area contributed by atoms with Crippen LogP contribution in [0.2, 0.25) is 5.02 Å². The van der Waals surface area contributed by atoms with Gasteiger partial charge in [-0.3, -0.25) is 5.43 Å². The molecule has 1 fully saturated rings. The number of hydrogen-bond acceptors (Lipinski definition) is 3. The molecule has 0 aromatic heterocycles. The molecule has 0 aliphatic heterocycles. The number of halogens is 2. The molecular formula is C13H17Cl2N3OS. The summed E-state index contributed by atoms with van der Waals surface area (Å²) in [6.07, 6.45) is 1.90. The summed E-state index contributed by atoms with van der Waals surface area (Å²) in [6.45, 7) is 0.221. The number of thiocarbonyl (C=S) groups is 1. The van der Waals surface area contributed by atoms with Crippen LogP contribution in [0.25, 0.3) is 0 Å². The second-order valence-electron chi connectivity index (χ2n) is 5.11. The second kappa shape index (κ2) is 6.03. The van der Waals surface area contributed by atoms with Crippen LogP contribution >= 0.6 is 35.4 Å². The number of nitrogens with one attached hydrogen (secondary N) is 2. The van der Waals surface area contributed by atoms with Gasteiger partial charge in [-0.2, -0.15) is 0 Å². The van der Waals surface area contributed by atoms with Crippen molar-refractivity contribution in [1.29, 1.82) is 0 Å². The molecule has 1 saturated carbocycles. The van der Waals surface area contributed by atoms with Crippen molar-refractivity contribution in [2.24, 2.45) is 5.73 Å². The van der Waals surface area contributed by atoms with Crippen LogP contribution in [0.15, 0.2) is 24.3 Å². The van der Waals surface area contributed by atoms with Crippen molar-refractivity contribution in [2.45, 2.75) is 29.7 Å². The third-order valence-electron chi connectivity index (χ3n) is 3.56. The van der Waals surface area contributed by atoms with Crippen LogP contribution < -0.4 is 16.6 Å². The SMILES string of the molecule is NC(=S)NNCC(O)(Cc1ccccc1Cl)C1(Cl)CC1. The number of rotatable bonds is 6. The maximum Gasteiger partial charge on any atom is 0.178 e. The van der Waals surface area contributed by atoms with Crippen LogP contribution in [0.4, 0.5) is 0 Å². The van der Waals surface area contributed by atoms with E-state index in [4.69, 9.17) is 41.2 Å². The zero-order valence-corrected chi connectivity index (χ0v) is 13.2. The Hall–Kier alpha value is -0.590. The predicted octanol–water partition coefficient (Wildman–Crippen LogP) is 1.72. The van der Waals surface area contributed by atoms with E-state index in [1.165, 1.54) is 0 Å². The summed E-state index contributed by atoms with van der Waals surface area (Å²) in [4.78, 5) is -0.628. The van der Waals surface area contributed by atoms with E-state index in [2.05, 4.69) is 10.9 Å². The van der Waals surface area contributed by atoms with E-state index >= 15 is 0 Å². The molecule has 4 nitrogen and oxygen atoms in total. The molecule has 0 spiro atoms. The number of aliphatic hydroxyl groups is 1. The third kappa shape index (κ3) is 3.54. The van der Waals surface area contributed by atoms with Crippen molar-refractivity contribution >= 4 is 40.5 Å². The lowest BCUT2D eigenvalue weighted by Crippen LogP contribution is -2.55. The monoisotopic (exact) mass is 333 g/mol. The molecule has 0 bridgehead atoms. The second-order valence-corrected chi connectivity index (χ2v) is 6.68. The number of hydrogen-bond donors (Lipinski definition) is 4. The molecule has 1 atom stereocenters. The summed E-state index contributed by atoms with van der Waals surface area (Å²) in [5.74, 6) is 0. The van der Waals surface area contributed by atoms with Gasteiger partial charge in [-0.05, 0) is 36.7 Å². The highest BCUT2D eigenvalue weighted by atomic mass is 35.5. The van der Waals surface area contributed by atoms with Gasteiger partial charge in [0.15, 0.2) is 5.11 Å². The van der Waals surface area contributed by atoms with Gasteiger partial charge in [-0.25, -0.2) is 5.43 Å². The van der Waals surface area contributed by atoms with Crippen LogP contribution in [0.5, 0.6) is 0 Å². The number of nitrogens with two attached hydrogens (primary N) is 1. The summed E-state index contributed by atoms with van der Waals surface area (Å²) in [7, 11) is 0. The lowest BCUT2D eigenvalue weighted by atomic mass is 9.89. The van der Waals surface area contributed by atoms with E-state index in [1.54, 1.807) is 6.07 Å². The first-order valence-electron chi connectivity index (χ1n) is 6.29. The largest absolute Gasteiger partial charge is 0.386 e. The minimum Gasteiger partial charge on any atom is -0.386 e. The fourth-order valence-corrected chi connectivity index (χ4v) is 2.69. The van der Waals surface area contributed by atoms with Gasteiger partial charge in [-0.1, -0.05) is 29.8 Å². The fraction of sp³-hybridized carbons (Fsp3) is 0.462. The maximum absolute atomic E-state index is 10.9. The average Bonchev–Trinajstić information content (AvgIpc) is 3.12. The molecule has 0 radical (unpaired) electrons. The molecule has 2 rings (SSSR count). The lowest BCUT2D eigenvalue weighted by Gasteiger charge is -2.33. The minimum atomic E-state index is -1.13. The molecule has 1 aliphatic carbocycles. The molecule has 0 heterocycles. The summed E-state index contributed by atoms with van der Waals surface area (Å²) in [6, 6.07) is 7.42. The molecule has 1 unspecified atom stereocenters. The molecular weight excluding hydrogens is 317 g/mol. The first kappa shape index (κ1) is 15.8. The number of alkyl halides is 1. The van der Waals surface area contributed by atoms with Crippen molar-refractivity contribution in [3.63, 3.8) is 0 Å². The van der Waals surface area contributed by atoms with Crippen molar-refractivity contribution in [3.8, 4) is 0 Å². The molecule has 0 saturated heterocycles. The van der Waals surface area contributed by atoms with Gasteiger partial charge in [0.1, 0.15) is 5.60 Å². The lowest BCUT2D eigenvalue weighted by molar-refractivity contribution is 0.0269. The Morgan fingerprint density at radius 2 is 2.10 bits per heavy atom. The van der Waals surface area contributed by atoms with Crippen LogP contribution in [0, 0.1) is 0 Å². The Balaban J connectivity index is 2.11. The highest BCUT2D eigenvalue weighted by Crippen LogP contribution is 2.52. The molecule has 1 aliphatic rings. The smallest absolute Gasteiger partial charge is 0.178 e. The van der Waals surface area contributed by atoms with Crippen molar-refractivity contribution in [2.75, 3.05) is 6.54 Å². The van der Waals surface area contributed by atoms with E-state index in [0.717, 1.165) is 18.4 Å². The molecule has 5 N–H and O–H groups in total. The predicted molar refractivity (Wildman–Crippen MR) is 85.8 cm³/mol. The summed E-state index contributed by atoms with van der Waals surface area (Å²) in [5, 5.41) is 11.7. The van der Waals surface area contributed by atoms with Gasteiger partial charge in [-0.15, -0.1) is 11.6 Å². The van der Waals surface area contributed by atoms with Gasteiger partial charge >= 0.3 is 0 Å². The molecule has 1 aromatic rings. The number of benzene rings is 1. The first-order valence-corrected chi connectivity index (χ1v) is 7.46. The average molecular weight is 334 g/mol. The van der Waals surface area contributed by atoms with E-state index in [0.29, 0.717) is 11.4 Å². The molecule has 0 amide bonds. The van der Waals surface area contributed by atoms with Gasteiger partial charge in [0.25, 0.3) is 0 Å². The van der Waals surface area contributed by atoms with Crippen molar-refractivity contribution < 1.29 is 5.11 Å². The Morgan fingerprint density at radius 1 is 1.45 bits per heavy atom. The van der Waals surface area contributed by atoms with Gasteiger partial charge in [0.05, 0.1) is 4.87 Å². The van der Waals surface area contributed by atoms with Crippen molar-refractivity contribution in [3.05, 3.63) is 34.9 Å². The maximum atomic E-state index is 10.9. The molecule has 7 heteroatoms. The van der Waals surface area contributed by atoms with Gasteiger partial charge in [0, 0.05) is 18.0 Å². The fourth-order valence-electron chi connectivity index (χ4n) is 2.19. The number of hydrazine groups is 1. The van der Waals surface area contributed by atoms with Crippen molar-refractivity contribution in [1.82, 2.24) is 10.9 Å². The van der Waals surface area contributed by atoms with Gasteiger partial charge in [0.2, 0.25) is 0 Å². The topological polar surface area (TPSA) is 70.3 Å². The summed E-state index contributed by atoms with van der Waals surface area (Å²) in [5.41, 5.74) is 10.5. The van der Waals surface area contributed by atoms with Crippen LogP contribution in [-0.4, -0.2) is 27.2 Å². The zero-order valence-electron chi connectivity index (χ0n) is 10.8. The Morgan fingerprint density at radius 3 is 2.65 bits per heavy atom. The van der Waals surface area contributed by atoms with E-state index < -0.39 is 10.5 Å². The first-order chi connectivity index (χ1) is 9.36. The summed E-state index contributed by atoms with van der Waals surface area (Å²) >= 11 is 17.3. The van der Waals surface area contributed by atoms with E-state index in [1.807, 2.05) is 18.2 Å². The third-order valence-corrected chi connectivity index (χ3v) is 4.76. The Kier molecular flexibility index (Phi) is 4.76. The molecule has 1 aromatic carbocycles. The highest BCUT2D eigenvalue weighted by molar-refractivity contribution is 7.80. The van der Waals surface area contributed by atoms with Crippen LogP contribution in [-0.2, 0) is 6.42 Å². The Labute approximate surface area is 133 Å². The molecule has 20 heavy (non-hydrogen) atoms. The molecule has 110 valence electrons. The van der Waals surface area contributed by atoms with E-state index in [-0.39, 0.29) is 11.7 Å². The van der Waals surface area contributed by atoms with Crippen LogP contribution in [0.1, 0.15) is 18.4 Å². The summed E-state index contributed by atoms with van der Waals surface area (Å²) < 4.78 is 0. The Bertz CT molecular complexity index is 510. The highest BCUT2D eigenvalue weighted by Gasteiger charge is 2.57. The standard InChI is InChI=1S/C13H17Cl2N3OS/c14-10-4-2-1-3-9(10)7-13(19,12(15)5-6-12)8-17-18-11(16)20/h1-4,17,19H,5-8H2,(H3,16,18,20). The van der Waals surface area contributed by atoms with Crippen LogP contribution in [0.3, 0.4) is 0 Å². The quantitative estimate of drug-likeness (QED) is 0.362.